The summed E-state index contributed by atoms with van der Waals surface area (Å²) >= 11 is 1.77. The number of benzene rings is 1. The first-order chi connectivity index (χ1) is 28.1. The Balaban J connectivity index is 2.53. The van der Waals surface area contributed by atoms with E-state index in [1.165, 1.54) is 0 Å². The molecule has 1 fully saturated rings. The number of aliphatic carboxylic acids is 1. The predicted octanol–water partition coefficient (Wildman–Crippen LogP) is 6.31. The lowest BCUT2D eigenvalue weighted by Gasteiger charge is -2.39. The zero-order valence-corrected chi connectivity index (χ0v) is 40.2. The molecule has 0 amide bonds. The zero-order valence-electron chi connectivity index (χ0n) is 39.4. The van der Waals surface area contributed by atoms with Crippen molar-refractivity contribution < 1.29 is 48.0 Å². The van der Waals surface area contributed by atoms with Gasteiger partial charge in [0.2, 0.25) is 0 Å². The van der Waals surface area contributed by atoms with Gasteiger partial charge < -0.3 is 24.1 Å². The van der Waals surface area contributed by atoms with E-state index in [1.54, 1.807) is 11.8 Å². The smallest absolute Gasteiger partial charge is 0.320 e. The summed E-state index contributed by atoms with van der Waals surface area (Å²) in [6, 6.07) is 8.14. The molecule has 0 radical (unpaired) electrons. The second-order valence-electron chi connectivity index (χ2n) is 20.0. The average molecular weight is 879 g/mol. The highest BCUT2D eigenvalue weighted by Crippen LogP contribution is 2.23. The highest BCUT2D eigenvalue weighted by Gasteiger charge is 2.31. The number of carboxylic acids is 1. The molecule has 1 unspecified atom stereocenters. The molecule has 0 aliphatic carbocycles. The number of carboxylic acid groups (broad SMARTS) is 1. The molecular formula is C46H78N4O10S. The quantitative estimate of drug-likeness (QED) is 0.0757. The highest BCUT2D eigenvalue weighted by atomic mass is 32.2. The van der Waals surface area contributed by atoms with Crippen molar-refractivity contribution in [2.75, 3.05) is 77.7 Å². The molecule has 0 bridgehead atoms. The summed E-state index contributed by atoms with van der Waals surface area (Å²) in [5.74, 6) is -1.30. The normalized spacial score (nSPS) is 17.5. The summed E-state index contributed by atoms with van der Waals surface area (Å²) in [4.78, 5) is 73.6. The number of unbranched alkanes of at least 4 members (excludes halogenated alkanes) is 3. The second-order valence-corrected chi connectivity index (χ2v) is 21.2. The Morgan fingerprint density at radius 1 is 0.557 bits per heavy atom. The molecule has 0 aromatic heterocycles. The van der Waals surface area contributed by atoms with Crippen molar-refractivity contribution in [3.63, 3.8) is 0 Å². The number of ether oxygens (including phenoxy) is 4. The molecule has 0 saturated carbocycles. The molecule has 14 nitrogen and oxygen atoms in total. The summed E-state index contributed by atoms with van der Waals surface area (Å²) < 4.78 is 23.1. The van der Waals surface area contributed by atoms with Crippen LogP contribution in [0.1, 0.15) is 121 Å². The Labute approximate surface area is 370 Å². The SMILES string of the molecule is CC(C)(C)OC(=O)CN1CCN(CC(=O)OC(C)(C)C)CCN(CC(=O)OC(C)(C)C)C(Cc2ccc(SCCCCCCC(=O)O)cc2)CN(CC(=O)OC(C)(C)C)CC1. The third-order valence-corrected chi connectivity index (χ3v) is 10.3. The molecule has 1 aliphatic heterocycles. The molecule has 1 N–H and O–H groups in total. The van der Waals surface area contributed by atoms with E-state index < -0.39 is 28.4 Å². The minimum absolute atomic E-state index is 0.00494. The van der Waals surface area contributed by atoms with Crippen LogP contribution in [0, 0.1) is 0 Å². The van der Waals surface area contributed by atoms with Gasteiger partial charge in [-0.3, -0.25) is 43.6 Å². The van der Waals surface area contributed by atoms with E-state index in [0.29, 0.717) is 58.7 Å². The van der Waals surface area contributed by atoms with E-state index in [0.717, 1.165) is 35.5 Å². The monoisotopic (exact) mass is 879 g/mol. The third-order valence-electron chi connectivity index (χ3n) is 9.17. The third kappa shape index (κ3) is 26.8. The molecule has 15 heteroatoms. The average Bonchev–Trinajstić information content (AvgIpc) is 3.06. The first-order valence-electron chi connectivity index (χ1n) is 21.9. The number of hydrogen-bond donors (Lipinski definition) is 1. The molecule has 1 aromatic rings. The van der Waals surface area contributed by atoms with E-state index in [-0.39, 0.29) is 62.5 Å². The van der Waals surface area contributed by atoms with Gasteiger partial charge in [0.15, 0.2) is 0 Å². The van der Waals surface area contributed by atoms with E-state index in [9.17, 15) is 24.0 Å². The van der Waals surface area contributed by atoms with Gasteiger partial charge in [0.05, 0.1) is 26.2 Å². The Morgan fingerprint density at radius 3 is 1.39 bits per heavy atom. The molecular weight excluding hydrogens is 801 g/mol. The number of thioether (sulfide) groups is 1. The van der Waals surface area contributed by atoms with E-state index in [4.69, 9.17) is 24.1 Å². The Morgan fingerprint density at radius 2 is 0.951 bits per heavy atom. The van der Waals surface area contributed by atoms with Gasteiger partial charge in [-0.15, -0.1) is 11.8 Å². The number of nitrogens with zero attached hydrogens (tertiary/aromatic N) is 4. The van der Waals surface area contributed by atoms with E-state index >= 15 is 0 Å². The van der Waals surface area contributed by atoms with Gasteiger partial charge in [-0.1, -0.05) is 25.0 Å². The lowest BCUT2D eigenvalue weighted by atomic mass is 10.0. The van der Waals surface area contributed by atoms with Crippen molar-refractivity contribution in [1.29, 1.82) is 0 Å². The van der Waals surface area contributed by atoms with Crippen LogP contribution < -0.4 is 0 Å². The maximum Gasteiger partial charge on any atom is 0.320 e. The number of carbonyl (C=O) groups excluding carboxylic acids is 4. The molecule has 1 aliphatic rings. The van der Waals surface area contributed by atoms with Crippen LogP contribution >= 0.6 is 11.8 Å². The van der Waals surface area contributed by atoms with E-state index in [2.05, 4.69) is 29.2 Å². The fourth-order valence-electron chi connectivity index (χ4n) is 6.73. The standard InChI is InChI=1S/C46H78N4O10S/c1-43(2,3)57-39(53)31-47-22-23-48(32-40(54)58-44(4,5)6)26-27-50(34-42(56)60-46(10,11)12)36(30-49(25-24-47)33-41(55)59-45(7,8)9)29-35-18-20-37(21-19-35)61-28-16-14-13-15-17-38(51)52/h18-21,36H,13-17,22-34H2,1-12H3,(H,51,52). The van der Waals surface area contributed by atoms with Crippen LogP contribution in [0.25, 0.3) is 0 Å². The van der Waals surface area contributed by atoms with Gasteiger partial charge >= 0.3 is 29.8 Å². The van der Waals surface area contributed by atoms with Gasteiger partial charge in [-0.25, -0.2) is 0 Å². The number of carbonyl (C=O) groups is 5. The summed E-state index contributed by atoms with van der Waals surface area (Å²) in [5.41, 5.74) is -1.67. The molecule has 1 saturated heterocycles. The molecule has 1 aromatic carbocycles. The highest BCUT2D eigenvalue weighted by molar-refractivity contribution is 7.99. The van der Waals surface area contributed by atoms with Crippen molar-refractivity contribution in [3.05, 3.63) is 29.8 Å². The Kier molecular flexibility index (Phi) is 22.2. The van der Waals surface area contributed by atoms with Crippen LogP contribution in [0.4, 0.5) is 0 Å². The van der Waals surface area contributed by atoms with Crippen molar-refractivity contribution in [3.8, 4) is 0 Å². The molecule has 1 atom stereocenters. The Bertz CT molecular complexity index is 1530. The van der Waals surface area contributed by atoms with Crippen molar-refractivity contribution in [1.82, 2.24) is 19.6 Å². The van der Waals surface area contributed by atoms with Crippen molar-refractivity contribution >= 4 is 41.6 Å². The summed E-state index contributed by atoms with van der Waals surface area (Å²) in [6.07, 6.45) is 4.35. The molecule has 348 valence electrons. The summed E-state index contributed by atoms with van der Waals surface area (Å²) in [5, 5.41) is 8.89. The van der Waals surface area contributed by atoms with Crippen LogP contribution in [0.3, 0.4) is 0 Å². The second kappa shape index (κ2) is 25.2. The van der Waals surface area contributed by atoms with Crippen LogP contribution in [-0.2, 0) is 49.3 Å². The topological polar surface area (TPSA) is 155 Å². The molecule has 61 heavy (non-hydrogen) atoms. The fraction of sp³-hybridized carbons (Fsp3) is 0.761. The van der Waals surface area contributed by atoms with Gasteiger partial charge in [0.1, 0.15) is 22.4 Å². The van der Waals surface area contributed by atoms with Crippen LogP contribution in [0.2, 0.25) is 0 Å². The van der Waals surface area contributed by atoms with Crippen LogP contribution in [-0.4, -0.2) is 161 Å². The molecule has 0 spiro atoms. The van der Waals surface area contributed by atoms with Gasteiger partial charge in [-0.2, -0.15) is 0 Å². The zero-order chi connectivity index (χ0) is 46.0. The minimum atomic E-state index is -0.753. The lowest BCUT2D eigenvalue weighted by molar-refractivity contribution is -0.160. The van der Waals surface area contributed by atoms with Gasteiger partial charge in [0.25, 0.3) is 0 Å². The number of esters is 4. The van der Waals surface area contributed by atoms with Gasteiger partial charge in [-0.05, 0) is 126 Å². The van der Waals surface area contributed by atoms with Crippen molar-refractivity contribution in [2.24, 2.45) is 0 Å². The molecule has 2 rings (SSSR count). The largest absolute Gasteiger partial charge is 0.481 e. The Hall–Kier alpha value is -3.24. The fourth-order valence-corrected chi connectivity index (χ4v) is 7.65. The maximum atomic E-state index is 13.6. The van der Waals surface area contributed by atoms with Crippen LogP contribution in [0.15, 0.2) is 29.2 Å². The lowest BCUT2D eigenvalue weighted by Crippen LogP contribution is -2.54. The minimum Gasteiger partial charge on any atom is -0.481 e. The first-order valence-corrected chi connectivity index (χ1v) is 22.9. The number of rotatable bonds is 18. The molecule has 1 heterocycles. The van der Waals surface area contributed by atoms with Crippen molar-refractivity contribution in [2.45, 2.75) is 155 Å². The maximum absolute atomic E-state index is 13.6. The number of hydrogen-bond acceptors (Lipinski definition) is 14. The van der Waals surface area contributed by atoms with E-state index in [1.807, 2.05) is 97.8 Å². The van der Waals surface area contributed by atoms with Crippen LogP contribution in [0.5, 0.6) is 0 Å². The first kappa shape index (κ1) is 53.9. The predicted molar refractivity (Wildman–Crippen MR) is 240 cm³/mol. The summed E-state index contributed by atoms with van der Waals surface area (Å²) in [6.45, 7) is 25.0. The summed E-state index contributed by atoms with van der Waals surface area (Å²) in [7, 11) is 0. The van der Waals surface area contributed by atoms with Gasteiger partial charge in [0, 0.05) is 63.2 Å².